The predicted molar refractivity (Wildman–Crippen MR) is 96.6 cm³/mol. The first kappa shape index (κ1) is 18.9. The van der Waals surface area contributed by atoms with Crippen molar-refractivity contribution in [2.45, 2.75) is 12.8 Å². The molecule has 0 aliphatic carbocycles. The van der Waals surface area contributed by atoms with E-state index < -0.39 is 0 Å². The third-order valence-electron chi connectivity index (χ3n) is 2.85. The molecule has 2 nitrogen and oxygen atoms in total. The Morgan fingerprint density at radius 3 is 2.47 bits per heavy atom. The Kier molecular flexibility index (Phi) is 10.6. The van der Waals surface area contributed by atoms with Gasteiger partial charge in [0.1, 0.15) is 0 Å². The second kappa shape index (κ2) is 10.6. The van der Waals surface area contributed by atoms with Crippen LogP contribution in [0, 0.1) is 0 Å². The van der Waals surface area contributed by atoms with Gasteiger partial charge in [0.2, 0.25) is 0 Å². The average Bonchev–Trinajstić information content (AvgIpc) is 2.41. The van der Waals surface area contributed by atoms with Crippen LogP contribution in [0.15, 0.2) is 42.9 Å². The smallest absolute Gasteiger partial charge is 0.0363 e. The van der Waals surface area contributed by atoms with E-state index in [0.717, 1.165) is 18.4 Å². The number of hydrogen-bond donors (Lipinski definition) is 0. The van der Waals surface area contributed by atoms with Gasteiger partial charge in [-0.05, 0) is 48.4 Å². The highest BCUT2D eigenvalue weighted by Gasteiger charge is 2.05. The van der Waals surface area contributed by atoms with Crippen LogP contribution in [0.1, 0.15) is 18.4 Å². The van der Waals surface area contributed by atoms with Gasteiger partial charge in [-0.3, -0.25) is 4.98 Å². The van der Waals surface area contributed by atoms with Crippen LogP contribution in [0.2, 0.25) is 0 Å². The van der Waals surface area contributed by atoms with Gasteiger partial charge in [-0.25, -0.2) is 0 Å². The van der Waals surface area contributed by atoms with E-state index in [1.165, 1.54) is 24.0 Å². The van der Waals surface area contributed by atoms with Crippen molar-refractivity contribution in [1.82, 2.24) is 9.88 Å². The highest BCUT2D eigenvalue weighted by atomic mass is 79.9. The molecule has 0 aromatic carbocycles. The molecule has 0 saturated carbocycles. The van der Waals surface area contributed by atoms with Crippen LogP contribution >= 0.6 is 49.9 Å². The third-order valence-corrected chi connectivity index (χ3v) is 3.41. The summed E-state index contributed by atoms with van der Waals surface area (Å²) < 4.78 is 0. The second-order valence-electron chi connectivity index (χ2n) is 4.10. The third kappa shape index (κ3) is 6.23. The number of pyridine rings is 1. The molecule has 1 aromatic rings. The van der Waals surface area contributed by atoms with Crippen molar-refractivity contribution in [2.24, 2.45) is 0 Å². The number of nitrogens with zero attached hydrogens (tertiary/aromatic N) is 2. The first-order valence-electron chi connectivity index (χ1n) is 5.99. The van der Waals surface area contributed by atoms with E-state index in [0.29, 0.717) is 0 Å². The number of alkyl halides is 1. The summed E-state index contributed by atoms with van der Waals surface area (Å²) in [4.78, 5) is 6.39. The number of hydrogen-bond acceptors (Lipinski definition) is 2. The molecule has 5 heteroatoms. The molecule has 1 aliphatic rings. The summed E-state index contributed by atoms with van der Waals surface area (Å²) >= 11 is 3.46. The van der Waals surface area contributed by atoms with Crippen molar-refractivity contribution >= 4 is 55.5 Å². The molecule has 1 aliphatic heterocycles. The summed E-state index contributed by atoms with van der Waals surface area (Å²) in [5, 5.41) is 1.10. The molecule has 19 heavy (non-hydrogen) atoms. The average molecular weight is 455 g/mol. The molecule has 2 heterocycles. The minimum Gasteiger partial charge on any atom is -0.374 e. The molecule has 0 spiro atoms. The molecule has 0 unspecified atom stereocenters. The maximum atomic E-state index is 4.04. The highest BCUT2D eigenvalue weighted by molar-refractivity contribution is 9.09. The summed E-state index contributed by atoms with van der Waals surface area (Å²) in [5.41, 5.74) is 2.54. The Morgan fingerprint density at radius 2 is 1.89 bits per heavy atom. The Bertz CT molecular complexity index is 404. The number of aromatic nitrogens is 1. The Balaban J connectivity index is 0.00000162. The maximum Gasteiger partial charge on any atom is 0.0363 e. The van der Waals surface area contributed by atoms with E-state index in [2.05, 4.69) is 56.3 Å². The molecule has 0 bridgehead atoms. The first-order chi connectivity index (χ1) is 8.40. The SMILES string of the molecule is Br.Br.BrCCCCN1C=CC(c2ccncc2)=CC1. The molecule has 0 fully saturated rings. The zero-order chi connectivity index (χ0) is 11.9. The van der Waals surface area contributed by atoms with E-state index in [4.69, 9.17) is 0 Å². The van der Waals surface area contributed by atoms with Gasteiger partial charge in [0, 0.05) is 30.8 Å². The fourth-order valence-corrected chi connectivity index (χ4v) is 2.26. The first-order valence-corrected chi connectivity index (χ1v) is 7.11. The van der Waals surface area contributed by atoms with Gasteiger partial charge in [0.25, 0.3) is 0 Å². The molecular formula is C14H19Br3N2. The summed E-state index contributed by atoms with van der Waals surface area (Å²) in [6.45, 7) is 2.15. The van der Waals surface area contributed by atoms with E-state index in [9.17, 15) is 0 Å². The van der Waals surface area contributed by atoms with E-state index in [-0.39, 0.29) is 34.0 Å². The minimum absolute atomic E-state index is 0. The Hall–Kier alpha value is -0.130. The van der Waals surface area contributed by atoms with Crippen molar-refractivity contribution in [3.8, 4) is 0 Å². The van der Waals surface area contributed by atoms with E-state index in [1.54, 1.807) is 0 Å². The summed E-state index contributed by atoms with van der Waals surface area (Å²) in [7, 11) is 0. The van der Waals surface area contributed by atoms with Gasteiger partial charge >= 0.3 is 0 Å². The summed E-state index contributed by atoms with van der Waals surface area (Å²) in [6, 6.07) is 4.10. The molecule has 0 atom stereocenters. The molecule has 1 aromatic heterocycles. The van der Waals surface area contributed by atoms with Crippen LogP contribution in [0.4, 0.5) is 0 Å². The lowest BCUT2D eigenvalue weighted by molar-refractivity contribution is 0.402. The van der Waals surface area contributed by atoms with Gasteiger partial charge in [0.05, 0.1) is 0 Å². The zero-order valence-electron chi connectivity index (χ0n) is 10.7. The lowest BCUT2D eigenvalue weighted by Crippen LogP contribution is -2.21. The standard InChI is InChI=1S/C14H17BrN2.2BrH/c15-7-1-2-10-17-11-5-14(6-12-17)13-3-8-16-9-4-13;;/h3-6,8-9,11H,1-2,7,10,12H2;2*1H. The minimum atomic E-state index is 0. The predicted octanol–water partition coefficient (Wildman–Crippen LogP) is 4.63. The van der Waals surface area contributed by atoms with Gasteiger partial charge < -0.3 is 4.90 Å². The molecule has 2 rings (SSSR count). The lowest BCUT2D eigenvalue weighted by Gasteiger charge is -2.22. The number of halogens is 3. The van der Waals surface area contributed by atoms with Gasteiger partial charge in [0.15, 0.2) is 0 Å². The number of allylic oxidation sites excluding steroid dienone is 2. The Labute approximate surface area is 144 Å². The summed E-state index contributed by atoms with van der Waals surface area (Å²) in [6.07, 6.45) is 12.8. The van der Waals surface area contributed by atoms with Crippen molar-refractivity contribution in [3.05, 3.63) is 48.4 Å². The fourth-order valence-electron chi connectivity index (χ4n) is 1.86. The van der Waals surface area contributed by atoms with Crippen LogP contribution in [-0.4, -0.2) is 28.3 Å². The van der Waals surface area contributed by atoms with Crippen molar-refractivity contribution < 1.29 is 0 Å². The second-order valence-corrected chi connectivity index (χ2v) is 4.90. The van der Waals surface area contributed by atoms with E-state index in [1.807, 2.05) is 12.4 Å². The largest absolute Gasteiger partial charge is 0.374 e. The van der Waals surface area contributed by atoms with Crippen LogP contribution < -0.4 is 0 Å². The molecule has 0 radical (unpaired) electrons. The molecule has 0 amide bonds. The van der Waals surface area contributed by atoms with Crippen molar-refractivity contribution in [3.63, 3.8) is 0 Å². The summed E-state index contributed by atoms with van der Waals surface area (Å²) in [5.74, 6) is 0. The van der Waals surface area contributed by atoms with Crippen LogP contribution in [0.5, 0.6) is 0 Å². The number of rotatable bonds is 5. The molecular weight excluding hydrogens is 436 g/mol. The maximum absolute atomic E-state index is 4.04. The Morgan fingerprint density at radius 1 is 1.16 bits per heavy atom. The van der Waals surface area contributed by atoms with Crippen molar-refractivity contribution in [2.75, 3.05) is 18.4 Å². The number of unbranched alkanes of at least 4 members (excludes halogenated alkanes) is 1. The monoisotopic (exact) mass is 452 g/mol. The fraction of sp³-hybridized carbons (Fsp3) is 0.357. The quantitative estimate of drug-likeness (QED) is 0.476. The van der Waals surface area contributed by atoms with Crippen LogP contribution in [0.3, 0.4) is 0 Å². The van der Waals surface area contributed by atoms with Crippen molar-refractivity contribution in [1.29, 1.82) is 0 Å². The van der Waals surface area contributed by atoms with Crippen LogP contribution in [-0.2, 0) is 0 Å². The van der Waals surface area contributed by atoms with Gasteiger partial charge in [-0.2, -0.15) is 0 Å². The molecule has 0 saturated heterocycles. The molecule has 106 valence electrons. The molecule has 0 N–H and O–H groups in total. The highest BCUT2D eigenvalue weighted by Crippen LogP contribution is 2.18. The lowest BCUT2D eigenvalue weighted by atomic mass is 10.1. The topological polar surface area (TPSA) is 16.1 Å². The van der Waals surface area contributed by atoms with Gasteiger partial charge in [-0.1, -0.05) is 22.0 Å². The van der Waals surface area contributed by atoms with Crippen LogP contribution in [0.25, 0.3) is 5.57 Å². The van der Waals surface area contributed by atoms with E-state index >= 15 is 0 Å². The van der Waals surface area contributed by atoms with Gasteiger partial charge in [-0.15, -0.1) is 34.0 Å². The normalized spacial score (nSPS) is 13.3. The zero-order valence-corrected chi connectivity index (χ0v) is 15.7.